The quantitative estimate of drug-likeness (QED) is 0.894. The lowest BCUT2D eigenvalue weighted by Gasteiger charge is -2.13. The first-order chi connectivity index (χ1) is 7.70. The Morgan fingerprint density at radius 1 is 1.50 bits per heavy atom. The summed E-state index contributed by atoms with van der Waals surface area (Å²) in [4.78, 5) is 0. The van der Waals surface area contributed by atoms with Gasteiger partial charge in [0.1, 0.15) is 5.75 Å². The maximum atomic E-state index is 10.1. The number of aliphatic hydroxyl groups excluding tert-OH is 1. The molecule has 1 N–H and O–H groups in total. The van der Waals surface area contributed by atoms with E-state index in [0.717, 1.165) is 28.1 Å². The summed E-state index contributed by atoms with van der Waals surface area (Å²) in [6.07, 6.45) is 3.07. The van der Waals surface area contributed by atoms with Crippen LogP contribution in [0.15, 0.2) is 22.7 Å². The molecule has 3 heteroatoms. The van der Waals surface area contributed by atoms with Gasteiger partial charge in [-0.05, 0) is 37.0 Å². The van der Waals surface area contributed by atoms with E-state index in [1.807, 2.05) is 25.1 Å². The van der Waals surface area contributed by atoms with Crippen molar-refractivity contribution in [3.8, 4) is 5.75 Å². The van der Waals surface area contributed by atoms with Crippen molar-refractivity contribution in [3.63, 3.8) is 0 Å². The molecule has 1 aliphatic carbocycles. The third-order valence-corrected chi connectivity index (χ3v) is 3.58. The zero-order valence-corrected chi connectivity index (χ0v) is 11.0. The van der Waals surface area contributed by atoms with Gasteiger partial charge < -0.3 is 9.84 Å². The molecule has 0 aromatic heterocycles. The second-order valence-corrected chi connectivity index (χ2v) is 5.17. The molecule has 1 aromatic rings. The largest absolute Gasteiger partial charge is 0.494 e. The van der Waals surface area contributed by atoms with Gasteiger partial charge in [-0.15, -0.1) is 0 Å². The summed E-state index contributed by atoms with van der Waals surface area (Å²) in [5.74, 6) is 1.57. The highest BCUT2D eigenvalue weighted by atomic mass is 79.9. The molecule has 0 aliphatic heterocycles. The average Bonchev–Trinajstić information content (AvgIpc) is 3.02. The molecule has 88 valence electrons. The Morgan fingerprint density at radius 3 is 2.81 bits per heavy atom. The van der Waals surface area contributed by atoms with Crippen molar-refractivity contribution in [2.45, 2.75) is 32.3 Å². The number of rotatable bonds is 5. The molecule has 1 fully saturated rings. The van der Waals surface area contributed by atoms with Gasteiger partial charge in [-0.2, -0.15) is 0 Å². The third-order valence-electron chi connectivity index (χ3n) is 2.90. The van der Waals surface area contributed by atoms with Crippen LogP contribution in [0.1, 0.15) is 37.9 Å². The Balaban J connectivity index is 2.07. The van der Waals surface area contributed by atoms with Crippen LogP contribution in [0, 0.1) is 5.92 Å². The summed E-state index contributed by atoms with van der Waals surface area (Å²) in [5.41, 5.74) is 0.968. The number of halogens is 1. The lowest BCUT2D eigenvalue weighted by Crippen LogP contribution is -2.00. The highest BCUT2D eigenvalue weighted by Gasteiger charge is 2.26. The SMILES string of the molecule is CCOc1ccc(C(O)CC2CC2)c(Br)c1. The van der Waals surface area contributed by atoms with E-state index in [1.165, 1.54) is 12.8 Å². The zero-order valence-electron chi connectivity index (χ0n) is 9.45. The molecule has 1 atom stereocenters. The van der Waals surface area contributed by atoms with E-state index in [0.29, 0.717) is 6.61 Å². The molecule has 0 radical (unpaired) electrons. The molecule has 0 bridgehead atoms. The highest BCUT2D eigenvalue weighted by molar-refractivity contribution is 9.10. The van der Waals surface area contributed by atoms with Crippen molar-refractivity contribution in [2.75, 3.05) is 6.61 Å². The minimum absolute atomic E-state index is 0.349. The highest BCUT2D eigenvalue weighted by Crippen LogP contribution is 2.39. The standard InChI is InChI=1S/C13H17BrO2/c1-2-16-10-5-6-11(12(14)8-10)13(15)7-9-3-4-9/h5-6,8-9,13,15H,2-4,7H2,1H3. The molecule has 1 aliphatic rings. The summed E-state index contributed by atoms with van der Waals surface area (Å²) in [6, 6.07) is 5.79. The first-order valence-electron chi connectivity index (χ1n) is 5.81. The molecule has 0 spiro atoms. The molecule has 2 rings (SSSR count). The van der Waals surface area contributed by atoms with E-state index in [9.17, 15) is 5.11 Å². The Hall–Kier alpha value is -0.540. The molecule has 1 unspecified atom stereocenters. The van der Waals surface area contributed by atoms with E-state index in [4.69, 9.17) is 4.74 Å². The predicted molar refractivity (Wildman–Crippen MR) is 67.6 cm³/mol. The fourth-order valence-electron chi connectivity index (χ4n) is 1.83. The second-order valence-electron chi connectivity index (χ2n) is 4.31. The van der Waals surface area contributed by atoms with E-state index < -0.39 is 0 Å². The van der Waals surface area contributed by atoms with Crippen LogP contribution in [-0.2, 0) is 0 Å². The van der Waals surface area contributed by atoms with E-state index in [1.54, 1.807) is 0 Å². The fourth-order valence-corrected chi connectivity index (χ4v) is 2.45. The van der Waals surface area contributed by atoms with Crippen molar-refractivity contribution in [2.24, 2.45) is 5.92 Å². The molecule has 0 saturated heterocycles. The Morgan fingerprint density at radius 2 is 2.25 bits per heavy atom. The van der Waals surface area contributed by atoms with Gasteiger partial charge in [0.25, 0.3) is 0 Å². The van der Waals surface area contributed by atoms with Gasteiger partial charge in [-0.1, -0.05) is 34.8 Å². The van der Waals surface area contributed by atoms with Crippen LogP contribution in [0.4, 0.5) is 0 Å². The van der Waals surface area contributed by atoms with Crippen molar-refractivity contribution in [1.82, 2.24) is 0 Å². The van der Waals surface area contributed by atoms with Crippen molar-refractivity contribution >= 4 is 15.9 Å². The number of hydrogen-bond acceptors (Lipinski definition) is 2. The lowest BCUT2D eigenvalue weighted by atomic mass is 10.0. The van der Waals surface area contributed by atoms with Gasteiger partial charge in [0, 0.05) is 4.47 Å². The van der Waals surface area contributed by atoms with E-state index in [-0.39, 0.29) is 6.10 Å². The fraction of sp³-hybridized carbons (Fsp3) is 0.538. The van der Waals surface area contributed by atoms with Crippen LogP contribution < -0.4 is 4.74 Å². The molecular formula is C13H17BrO2. The summed E-state index contributed by atoms with van der Waals surface area (Å²) in [7, 11) is 0. The minimum atomic E-state index is -0.349. The van der Waals surface area contributed by atoms with Crippen LogP contribution >= 0.6 is 15.9 Å². The lowest BCUT2D eigenvalue weighted by molar-refractivity contribution is 0.159. The normalized spacial score (nSPS) is 17.2. The topological polar surface area (TPSA) is 29.5 Å². The molecule has 2 nitrogen and oxygen atoms in total. The van der Waals surface area contributed by atoms with Gasteiger partial charge in [-0.3, -0.25) is 0 Å². The third kappa shape index (κ3) is 2.98. The maximum Gasteiger partial charge on any atom is 0.120 e. The zero-order chi connectivity index (χ0) is 11.5. The van der Waals surface area contributed by atoms with Gasteiger partial charge in [0.2, 0.25) is 0 Å². The minimum Gasteiger partial charge on any atom is -0.494 e. The molecule has 16 heavy (non-hydrogen) atoms. The van der Waals surface area contributed by atoms with E-state index >= 15 is 0 Å². The monoisotopic (exact) mass is 284 g/mol. The van der Waals surface area contributed by atoms with Gasteiger partial charge in [0.05, 0.1) is 12.7 Å². The molecule has 1 saturated carbocycles. The van der Waals surface area contributed by atoms with Crippen molar-refractivity contribution in [1.29, 1.82) is 0 Å². The van der Waals surface area contributed by atoms with Crippen molar-refractivity contribution < 1.29 is 9.84 Å². The van der Waals surface area contributed by atoms with Crippen LogP contribution in [0.25, 0.3) is 0 Å². The maximum absolute atomic E-state index is 10.1. The molecule has 1 aromatic carbocycles. The molecule has 0 amide bonds. The molecular weight excluding hydrogens is 268 g/mol. The van der Waals surface area contributed by atoms with Crippen LogP contribution in [0.3, 0.4) is 0 Å². The van der Waals surface area contributed by atoms with Gasteiger partial charge in [-0.25, -0.2) is 0 Å². The van der Waals surface area contributed by atoms with Crippen LogP contribution in [-0.4, -0.2) is 11.7 Å². The van der Waals surface area contributed by atoms with E-state index in [2.05, 4.69) is 15.9 Å². The Kier molecular flexibility index (Phi) is 3.87. The van der Waals surface area contributed by atoms with Gasteiger partial charge >= 0.3 is 0 Å². The van der Waals surface area contributed by atoms with Crippen molar-refractivity contribution in [3.05, 3.63) is 28.2 Å². The number of benzene rings is 1. The molecule has 0 heterocycles. The second kappa shape index (κ2) is 5.19. The number of hydrogen-bond donors (Lipinski definition) is 1. The number of aliphatic hydroxyl groups is 1. The number of ether oxygens (including phenoxy) is 1. The first kappa shape index (κ1) is 11.9. The Labute approximate surface area is 105 Å². The van der Waals surface area contributed by atoms with Crippen LogP contribution in [0.5, 0.6) is 5.75 Å². The smallest absolute Gasteiger partial charge is 0.120 e. The van der Waals surface area contributed by atoms with Crippen LogP contribution in [0.2, 0.25) is 0 Å². The summed E-state index contributed by atoms with van der Waals surface area (Å²) >= 11 is 3.49. The van der Waals surface area contributed by atoms with Gasteiger partial charge in [0.15, 0.2) is 0 Å². The summed E-state index contributed by atoms with van der Waals surface area (Å²) in [6.45, 7) is 2.63. The Bertz CT molecular complexity index is 361. The summed E-state index contributed by atoms with van der Waals surface area (Å²) < 4.78 is 6.34. The predicted octanol–water partition coefficient (Wildman–Crippen LogP) is 3.68. The first-order valence-corrected chi connectivity index (χ1v) is 6.60. The average molecular weight is 285 g/mol. The summed E-state index contributed by atoms with van der Waals surface area (Å²) in [5, 5.41) is 10.1.